The average Bonchev–Trinajstić information content (AvgIpc) is 2.58. The molecule has 0 aliphatic heterocycles. The number of nitrogens with zero attached hydrogens (tertiary/aromatic N) is 2. The zero-order chi connectivity index (χ0) is 11.6. The first-order valence-corrected chi connectivity index (χ1v) is 5.35. The number of aliphatic hydroxyl groups is 1. The molecule has 0 aliphatic rings. The molecule has 3 N–H and O–H groups in total. The fourth-order valence-electron chi connectivity index (χ4n) is 1.07. The molecule has 5 nitrogen and oxygen atoms in total. The number of anilines is 2. The Hall–Kier alpha value is -1.01. The Labute approximate surface area is 93.6 Å². The predicted octanol–water partition coefficient (Wildman–Crippen LogP) is 0.941. The van der Waals surface area contributed by atoms with Gasteiger partial charge in [0, 0.05) is 7.05 Å². The number of methoxy groups -OCH3 is 1. The van der Waals surface area contributed by atoms with Crippen LogP contribution in [0, 0.1) is 0 Å². The van der Waals surface area contributed by atoms with Crippen molar-refractivity contribution in [2.75, 3.05) is 31.4 Å². The Bertz CT molecular complexity index is 338. The molecule has 0 saturated heterocycles. The minimum Gasteiger partial charge on any atom is -0.490 e. The molecule has 1 aromatic rings. The van der Waals surface area contributed by atoms with Crippen molar-refractivity contribution in [3.05, 3.63) is 0 Å². The molecule has 15 heavy (non-hydrogen) atoms. The lowest BCUT2D eigenvalue weighted by Gasteiger charge is -2.34. The van der Waals surface area contributed by atoms with Crippen LogP contribution in [0.4, 0.5) is 10.8 Å². The second-order valence-corrected chi connectivity index (χ2v) is 4.69. The third kappa shape index (κ3) is 2.15. The van der Waals surface area contributed by atoms with Gasteiger partial charge in [-0.25, -0.2) is 0 Å². The van der Waals surface area contributed by atoms with Crippen molar-refractivity contribution in [2.24, 2.45) is 0 Å². The smallest absolute Gasteiger partial charge is 0.197 e. The fraction of sp³-hybridized carbons (Fsp3) is 0.667. The SMILES string of the molecule is COc1c(N)nsc1N(C)C(C)(C)CO. The maximum Gasteiger partial charge on any atom is 0.197 e. The summed E-state index contributed by atoms with van der Waals surface area (Å²) in [5.41, 5.74) is 5.29. The van der Waals surface area contributed by atoms with Gasteiger partial charge in [0.25, 0.3) is 0 Å². The Morgan fingerprint density at radius 1 is 1.60 bits per heavy atom. The topological polar surface area (TPSA) is 71.6 Å². The molecule has 0 aromatic carbocycles. The zero-order valence-electron chi connectivity index (χ0n) is 9.44. The van der Waals surface area contributed by atoms with Crippen molar-refractivity contribution >= 4 is 22.4 Å². The molecule has 0 fully saturated rings. The average molecular weight is 231 g/mol. The van der Waals surface area contributed by atoms with Crippen LogP contribution in [0.2, 0.25) is 0 Å². The molecule has 1 aromatic heterocycles. The molecule has 0 amide bonds. The summed E-state index contributed by atoms with van der Waals surface area (Å²) in [6.07, 6.45) is 0. The Kier molecular flexibility index (Phi) is 3.41. The molecule has 6 heteroatoms. The van der Waals surface area contributed by atoms with Gasteiger partial charge in [0.05, 0.1) is 19.3 Å². The van der Waals surface area contributed by atoms with E-state index in [9.17, 15) is 5.11 Å². The second-order valence-electron chi connectivity index (χ2n) is 3.94. The molecular formula is C9H17N3O2S. The first-order valence-electron chi connectivity index (χ1n) is 4.58. The molecule has 0 spiro atoms. The van der Waals surface area contributed by atoms with Crippen LogP contribution in [-0.2, 0) is 0 Å². The van der Waals surface area contributed by atoms with E-state index >= 15 is 0 Å². The van der Waals surface area contributed by atoms with E-state index in [4.69, 9.17) is 10.5 Å². The Morgan fingerprint density at radius 3 is 2.67 bits per heavy atom. The first-order chi connectivity index (χ1) is 6.94. The number of hydrogen-bond acceptors (Lipinski definition) is 6. The van der Waals surface area contributed by atoms with E-state index < -0.39 is 0 Å². The van der Waals surface area contributed by atoms with Crippen molar-refractivity contribution in [3.63, 3.8) is 0 Å². The van der Waals surface area contributed by atoms with Crippen LogP contribution in [0.15, 0.2) is 0 Å². The van der Waals surface area contributed by atoms with Crippen LogP contribution in [0.1, 0.15) is 13.8 Å². The molecule has 1 rings (SSSR count). The van der Waals surface area contributed by atoms with Gasteiger partial charge in [-0.2, -0.15) is 4.37 Å². The third-order valence-electron chi connectivity index (χ3n) is 2.46. The zero-order valence-corrected chi connectivity index (χ0v) is 10.3. The van der Waals surface area contributed by atoms with Crippen LogP contribution >= 0.6 is 11.5 Å². The van der Waals surface area contributed by atoms with Gasteiger partial charge in [0.15, 0.2) is 16.6 Å². The molecule has 0 bridgehead atoms. The normalized spacial score (nSPS) is 11.5. The molecular weight excluding hydrogens is 214 g/mol. The van der Waals surface area contributed by atoms with Gasteiger partial charge in [0.2, 0.25) is 0 Å². The molecule has 0 atom stereocenters. The van der Waals surface area contributed by atoms with Gasteiger partial charge in [-0.15, -0.1) is 0 Å². The Balaban J connectivity index is 3.05. The number of rotatable bonds is 4. The highest BCUT2D eigenvalue weighted by molar-refractivity contribution is 7.11. The van der Waals surface area contributed by atoms with Crippen LogP contribution in [0.25, 0.3) is 0 Å². The number of ether oxygens (including phenoxy) is 1. The number of nitrogen functional groups attached to an aromatic ring is 1. The summed E-state index contributed by atoms with van der Waals surface area (Å²) in [6, 6.07) is 0. The molecule has 86 valence electrons. The summed E-state index contributed by atoms with van der Waals surface area (Å²) in [5, 5.41) is 10.1. The molecule has 1 heterocycles. The molecule has 0 radical (unpaired) electrons. The van der Waals surface area contributed by atoms with Gasteiger partial charge in [0.1, 0.15) is 0 Å². The van der Waals surface area contributed by atoms with E-state index in [1.54, 1.807) is 7.11 Å². The highest BCUT2D eigenvalue weighted by Gasteiger charge is 2.27. The Morgan fingerprint density at radius 2 is 2.20 bits per heavy atom. The number of aromatic nitrogens is 1. The number of likely N-dealkylation sites (N-methyl/N-ethyl adjacent to an activating group) is 1. The van der Waals surface area contributed by atoms with Gasteiger partial charge in [-0.05, 0) is 25.4 Å². The van der Waals surface area contributed by atoms with Gasteiger partial charge < -0.3 is 20.5 Å². The lowest BCUT2D eigenvalue weighted by Crippen LogP contribution is -2.44. The van der Waals surface area contributed by atoms with E-state index in [2.05, 4.69) is 4.37 Å². The van der Waals surface area contributed by atoms with Crippen molar-refractivity contribution in [1.29, 1.82) is 0 Å². The van der Waals surface area contributed by atoms with Crippen LogP contribution in [-0.4, -0.2) is 35.8 Å². The van der Waals surface area contributed by atoms with E-state index in [-0.39, 0.29) is 12.1 Å². The summed E-state index contributed by atoms with van der Waals surface area (Å²) in [6.45, 7) is 3.91. The third-order valence-corrected chi connectivity index (χ3v) is 3.38. The van der Waals surface area contributed by atoms with E-state index in [1.165, 1.54) is 11.5 Å². The summed E-state index contributed by atoms with van der Waals surface area (Å²) < 4.78 is 9.20. The quantitative estimate of drug-likeness (QED) is 0.807. The van der Waals surface area contributed by atoms with Gasteiger partial charge >= 0.3 is 0 Å². The summed E-state index contributed by atoms with van der Waals surface area (Å²) >= 11 is 1.27. The van der Waals surface area contributed by atoms with Crippen LogP contribution in [0.3, 0.4) is 0 Å². The van der Waals surface area contributed by atoms with Crippen molar-refractivity contribution in [1.82, 2.24) is 4.37 Å². The number of hydrogen-bond donors (Lipinski definition) is 2. The lowest BCUT2D eigenvalue weighted by atomic mass is 10.1. The summed E-state index contributed by atoms with van der Waals surface area (Å²) in [4.78, 5) is 1.92. The van der Waals surface area contributed by atoms with Gasteiger partial charge in [-0.1, -0.05) is 0 Å². The number of nitrogens with two attached hydrogens (primary N) is 1. The van der Waals surface area contributed by atoms with Crippen molar-refractivity contribution in [2.45, 2.75) is 19.4 Å². The predicted molar refractivity (Wildman–Crippen MR) is 62.6 cm³/mol. The minimum absolute atomic E-state index is 0.0461. The number of aliphatic hydroxyl groups excluding tert-OH is 1. The largest absolute Gasteiger partial charge is 0.490 e. The maximum absolute atomic E-state index is 9.27. The van der Waals surface area contributed by atoms with E-state index in [0.717, 1.165) is 5.00 Å². The van der Waals surface area contributed by atoms with Gasteiger partial charge in [-0.3, -0.25) is 0 Å². The summed E-state index contributed by atoms with van der Waals surface area (Å²) in [5.74, 6) is 0.960. The summed E-state index contributed by atoms with van der Waals surface area (Å²) in [7, 11) is 3.44. The minimum atomic E-state index is -0.369. The molecule has 0 aliphatic carbocycles. The molecule has 0 unspecified atom stereocenters. The first kappa shape index (κ1) is 12.1. The highest BCUT2D eigenvalue weighted by atomic mass is 32.1. The van der Waals surface area contributed by atoms with Crippen LogP contribution in [0.5, 0.6) is 5.75 Å². The fourth-order valence-corrected chi connectivity index (χ4v) is 1.98. The van der Waals surface area contributed by atoms with E-state index in [0.29, 0.717) is 11.6 Å². The lowest BCUT2D eigenvalue weighted by molar-refractivity contribution is 0.216. The maximum atomic E-state index is 9.27. The highest BCUT2D eigenvalue weighted by Crippen LogP contribution is 2.39. The van der Waals surface area contributed by atoms with Crippen molar-refractivity contribution in [3.8, 4) is 5.75 Å². The van der Waals surface area contributed by atoms with Crippen molar-refractivity contribution < 1.29 is 9.84 Å². The van der Waals surface area contributed by atoms with Crippen LogP contribution < -0.4 is 15.4 Å². The monoisotopic (exact) mass is 231 g/mol. The second kappa shape index (κ2) is 4.24. The van der Waals surface area contributed by atoms with E-state index in [1.807, 2.05) is 25.8 Å². The standard InChI is InChI=1S/C9H17N3O2S/c1-9(2,5-13)12(3)8-6(14-4)7(10)11-15-8/h13H,5H2,1-4H3,(H2,10,11). The molecule has 0 saturated carbocycles.